The first-order valence-corrected chi connectivity index (χ1v) is 11.1. The summed E-state index contributed by atoms with van der Waals surface area (Å²) in [5.74, 6) is 0.164. The molecule has 36 heavy (non-hydrogen) atoms. The zero-order valence-corrected chi connectivity index (χ0v) is 19.1. The Kier molecular flexibility index (Phi) is 6.13. The van der Waals surface area contributed by atoms with E-state index in [4.69, 9.17) is 4.74 Å². The topological polar surface area (TPSA) is 79.3 Å². The van der Waals surface area contributed by atoms with Crippen LogP contribution in [0, 0.1) is 5.82 Å². The van der Waals surface area contributed by atoms with Gasteiger partial charge >= 0.3 is 6.18 Å². The molecule has 0 bridgehead atoms. The molecule has 5 rings (SSSR count). The number of hydrogen-bond acceptors (Lipinski definition) is 6. The van der Waals surface area contributed by atoms with Crippen LogP contribution in [0.3, 0.4) is 0 Å². The molecule has 1 aliphatic heterocycles. The summed E-state index contributed by atoms with van der Waals surface area (Å²) in [6, 6.07) is 13.2. The highest BCUT2D eigenvalue weighted by molar-refractivity contribution is 5.80. The first-order valence-electron chi connectivity index (χ1n) is 11.1. The molecule has 0 unspecified atom stereocenters. The monoisotopic (exact) mass is 496 g/mol. The summed E-state index contributed by atoms with van der Waals surface area (Å²) < 4.78 is 60.3. The zero-order valence-electron chi connectivity index (χ0n) is 19.1. The van der Waals surface area contributed by atoms with E-state index < -0.39 is 11.7 Å². The van der Waals surface area contributed by atoms with Crippen LogP contribution in [-0.4, -0.2) is 38.0 Å². The van der Waals surface area contributed by atoms with Crippen molar-refractivity contribution in [2.75, 3.05) is 6.61 Å². The molecule has 0 saturated heterocycles. The molecule has 4 aromatic rings. The average molecular weight is 496 g/mol. The number of nitrogens with zero attached hydrogens (tertiary/aromatic N) is 5. The Morgan fingerprint density at radius 2 is 1.86 bits per heavy atom. The minimum Gasteiger partial charge on any atom is -0.494 e. The Morgan fingerprint density at radius 1 is 1.03 bits per heavy atom. The molecular weight excluding hydrogens is 476 g/mol. The van der Waals surface area contributed by atoms with Crippen LogP contribution < -0.4 is 4.74 Å². The maximum atomic E-state index is 14.1. The Labute approximate surface area is 203 Å². The van der Waals surface area contributed by atoms with E-state index in [1.165, 1.54) is 24.3 Å². The third-order valence-corrected chi connectivity index (χ3v) is 5.57. The lowest BCUT2D eigenvalue weighted by Gasteiger charge is -2.20. The van der Waals surface area contributed by atoms with E-state index in [9.17, 15) is 17.6 Å². The van der Waals surface area contributed by atoms with Gasteiger partial charge in [-0.05, 0) is 49.4 Å². The largest absolute Gasteiger partial charge is 0.494 e. The average Bonchev–Trinajstić information content (AvgIpc) is 3.28. The van der Waals surface area contributed by atoms with Gasteiger partial charge in [-0.25, -0.2) is 9.37 Å². The zero-order chi connectivity index (χ0) is 25.3. The molecule has 0 amide bonds. The van der Waals surface area contributed by atoms with E-state index in [-0.39, 0.29) is 36.0 Å². The third kappa shape index (κ3) is 4.77. The molecule has 7 nitrogen and oxygen atoms in total. The summed E-state index contributed by atoms with van der Waals surface area (Å²) >= 11 is 0. The van der Waals surface area contributed by atoms with Gasteiger partial charge in [-0.2, -0.15) is 28.5 Å². The van der Waals surface area contributed by atoms with Crippen LogP contribution in [0.25, 0.3) is 22.6 Å². The molecular formula is C25H20F4N6O. The number of fused-ring (bicyclic) bond motifs is 1. The van der Waals surface area contributed by atoms with Crippen molar-refractivity contribution in [1.29, 1.82) is 0 Å². The number of nitrogens with one attached hydrogen (secondary N) is 1. The van der Waals surface area contributed by atoms with Crippen LogP contribution in [0.1, 0.15) is 29.6 Å². The van der Waals surface area contributed by atoms with Gasteiger partial charge in [0, 0.05) is 5.56 Å². The fourth-order valence-electron chi connectivity index (χ4n) is 3.89. The SMILES string of the molecule is CCOc1ccc(-c2ccc(CN3Cc4nc(-c5ccccc5F)[nH]c4C=N3)nn2)c(C(F)(F)F)c1. The summed E-state index contributed by atoms with van der Waals surface area (Å²) in [6.07, 6.45) is -2.98. The highest BCUT2D eigenvalue weighted by Gasteiger charge is 2.34. The number of alkyl halides is 3. The lowest BCUT2D eigenvalue weighted by atomic mass is 10.0. The fourth-order valence-corrected chi connectivity index (χ4v) is 3.89. The molecule has 1 N–H and O–H groups in total. The first-order chi connectivity index (χ1) is 17.3. The van der Waals surface area contributed by atoms with Crippen LogP contribution in [-0.2, 0) is 19.3 Å². The number of ether oxygens (including phenoxy) is 1. The van der Waals surface area contributed by atoms with Crippen molar-refractivity contribution in [3.8, 4) is 28.4 Å². The molecule has 11 heteroatoms. The summed E-state index contributed by atoms with van der Waals surface area (Å²) in [5, 5.41) is 14.2. The van der Waals surface area contributed by atoms with Gasteiger partial charge in [0.25, 0.3) is 0 Å². The molecule has 1 aliphatic rings. The Hall–Kier alpha value is -4.28. The quantitative estimate of drug-likeness (QED) is 0.360. The summed E-state index contributed by atoms with van der Waals surface area (Å²) in [7, 11) is 0. The Balaban J connectivity index is 1.32. The van der Waals surface area contributed by atoms with Gasteiger partial charge < -0.3 is 9.72 Å². The first kappa shape index (κ1) is 23.5. The second kappa shape index (κ2) is 9.40. The van der Waals surface area contributed by atoms with Crippen LogP contribution in [0.2, 0.25) is 0 Å². The van der Waals surface area contributed by atoms with Gasteiger partial charge in [-0.15, -0.1) is 0 Å². The number of hydrogen-bond donors (Lipinski definition) is 1. The van der Waals surface area contributed by atoms with Crippen LogP contribution in [0.5, 0.6) is 5.75 Å². The van der Waals surface area contributed by atoms with E-state index in [2.05, 4.69) is 25.3 Å². The normalized spacial score (nSPS) is 13.1. The number of halogens is 4. The number of H-pyrrole nitrogens is 1. The number of benzene rings is 2. The summed E-state index contributed by atoms with van der Waals surface area (Å²) in [4.78, 5) is 7.57. The molecule has 0 atom stereocenters. The predicted octanol–water partition coefficient (Wildman–Crippen LogP) is 5.44. The number of aromatic amines is 1. The highest BCUT2D eigenvalue weighted by atomic mass is 19.4. The third-order valence-electron chi connectivity index (χ3n) is 5.57. The molecule has 0 spiro atoms. The second-order valence-corrected chi connectivity index (χ2v) is 8.04. The second-order valence-electron chi connectivity index (χ2n) is 8.04. The van der Waals surface area contributed by atoms with Crippen molar-refractivity contribution in [3.05, 3.63) is 83.1 Å². The van der Waals surface area contributed by atoms with Crippen molar-refractivity contribution >= 4 is 6.21 Å². The Morgan fingerprint density at radius 3 is 2.58 bits per heavy atom. The molecule has 0 saturated carbocycles. The van der Waals surface area contributed by atoms with E-state index in [0.717, 1.165) is 6.07 Å². The van der Waals surface area contributed by atoms with Gasteiger partial charge in [0.05, 0.1) is 59.8 Å². The summed E-state index contributed by atoms with van der Waals surface area (Å²) in [6.45, 7) is 2.57. The molecule has 184 valence electrons. The minimum atomic E-state index is -4.58. The maximum absolute atomic E-state index is 14.1. The van der Waals surface area contributed by atoms with E-state index in [1.807, 2.05) is 0 Å². The van der Waals surface area contributed by atoms with Crippen LogP contribution >= 0.6 is 0 Å². The molecule has 2 aromatic heterocycles. The molecule has 0 fully saturated rings. The number of rotatable bonds is 6. The fraction of sp³-hybridized carbons (Fsp3) is 0.200. The van der Waals surface area contributed by atoms with Gasteiger partial charge in [-0.1, -0.05) is 12.1 Å². The van der Waals surface area contributed by atoms with E-state index in [1.54, 1.807) is 42.4 Å². The van der Waals surface area contributed by atoms with Gasteiger partial charge in [0.1, 0.15) is 17.4 Å². The lowest BCUT2D eigenvalue weighted by Crippen LogP contribution is -2.22. The van der Waals surface area contributed by atoms with Crippen molar-refractivity contribution in [3.63, 3.8) is 0 Å². The maximum Gasteiger partial charge on any atom is 0.417 e. The van der Waals surface area contributed by atoms with Crippen LogP contribution in [0.15, 0.2) is 59.7 Å². The van der Waals surface area contributed by atoms with E-state index in [0.29, 0.717) is 35.0 Å². The van der Waals surface area contributed by atoms with Crippen molar-refractivity contribution in [1.82, 2.24) is 25.2 Å². The molecule has 2 aromatic carbocycles. The standard InChI is InChI=1S/C25H20F4N6O/c1-2-36-16-8-9-17(19(11-16)25(27,28)29)21-10-7-15(33-34-21)13-35-14-23-22(12-30-35)31-24(32-23)18-5-3-4-6-20(18)26/h3-12H,2,13-14H2,1H3,(H,31,32). The Bertz CT molecular complexity index is 1420. The number of aromatic nitrogens is 4. The smallest absolute Gasteiger partial charge is 0.417 e. The predicted molar refractivity (Wildman–Crippen MR) is 124 cm³/mol. The lowest BCUT2D eigenvalue weighted by molar-refractivity contribution is -0.137. The molecule has 0 radical (unpaired) electrons. The van der Waals surface area contributed by atoms with Crippen LogP contribution in [0.4, 0.5) is 17.6 Å². The number of imidazole rings is 1. The molecule has 3 heterocycles. The summed E-state index contributed by atoms with van der Waals surface area (Å²) in [5.41, 5.74) is 1.43. The van der Waals surface area contributed by atoms with Gasteiger partial charge in [-0.3, -0.25) is 5.01 Å². The van der Waals surface area contributed by atoms with E-state index >= 15 is 0 Å². The van der Waals surface area contributed by atoms with Crippen molar-refractivity contribution < 1.29 is 22.3 Å². The van der Waals surface area contributed by atoms with Crippen molar-refractivity contribution in [2.24, 2.45) is 5.10 Å². The van der Waals surface area contributed by atoms with Gasteiger partial charge in [0.2, 0.25) is 0 Å². The van der Waals surface area contributed by atoms with Gasteiger partial charge in [0.15, 0.2) is 0 Å². The van der Waals surface area contributed by atoms with Crippen molar-refractivity contribution in [2.45, 2.75) is 26.2 Å². The highest BCUT2D eigenvalue weighted by Crippen LogP contribution is 2.38. The number of hydrazone groups is 1. The minimum absolute atomic E-state index is 0.0807. The molecule has 0 aliphatic carbocycles.